The molecule has 0 saturated heterocycles. The van der Waals surface area contributed by atoms with Gasteiger partial charge >= 0.3 is 5.97 Å². The highest BCUT2D eigenvalue weighted by Crippen LogP contribution is 2.28. The Kier molecular flexibility index (Phi) is 5.11. The number of Topliss-reactive ketones (excluding diaryl/α,β-unsaturated/α-hetero) is 1. The lowest BCUT2D eigenvalue weighted by Crippen LogP contribution is -2.24. The predicted octanol–water partition coefficient (Wildman–Crippen LogP) is 2.42. The van der Waals surface area contributed by atoms with Gasteiger partial charge in [0.2, 0.25) is 5.78 Å². The van der Waals surface area contributed by atoms with Gasteiger partial charge in [0, 0.05) is 10.5 Å². The number of carbonyl (C=O) groups is 2. The lowest BCUT2D eigenvalue weighted by atomic mass is 10.1. The Morgan fingerprint density at radius 1 is 1.32 bits per heavy atom. The Bertz CT molecular complexity index is 526. The Labute approximate surface area is 122 Å². The molecule has 102 valence electrons. The average Bonchev–Trinajstić information content (AvgIpc) is 2.27. The van der Waals surface area contributed by atoms with Crippen LogP contribution in [-0.4, -0.2) is 27.0 Å². The maximum Gasteiger partial charge on any atom is 0.363 e. The molecule has 19 heavy (non-hydrogen) atoms. The molecule has 0 heterocycles. The summed E-state index contributed by atoms with van der Waals surface area (Å²) in [5, 5.41) is 10.2. The number of hydrogen-bond donors (Lipinski definition) is 0. The third kappa shape index (κ3) is 5.02. The van der Waals surface area contributed by atoms with Crippen molar-refractivity contribution in [1.82, 2.24) is 0 Å². The SMILES string of the molecule is O=C(C[N+](=O)[O-])c1cccc(OC(=O)C(Cl)(Cl)Cl)c1. The number of alkyl halides is 3. The molecule has 0 saturated carbocycles. The molecular weight excluding hydrogens is 320 g/mol. The zero-order chi connectivity index (χ0) is 14.6. The van der Waals surface area contributed by atoms with Crippen molar-refractivity contribution in [1.29, 1.82) is 0 Å². The number of nitrogens with zero attached hydrogens (tertiary/aromatic N) is 1. The Morgan fingerprint density at radius 2 is 1.95 bits per heavy atom. The first-order valence-electron chi connectivity index (χ1n) is 4.74. The maximum atomic E-state index is 11.4. The van der Waals surface area contributed by atoms with Gasteiger partial charge in [-0.05, 0) is 12.1 Å². The topological polar surface area (TPSA) is 86.5 Å². The van der Waals surface area contributed by atoms with Crippen LogP contribution in [0, 0.1) is 10.1 Å². The number of rotatable bonds is 4. The van der Waals surface area contributed by atoms with Crippen LogP contribution in [0.25, 0.3) is 0 Å². The second kappa shape index (κ2) is 6.18. The molecule has 0 aliphatic carbocycles. The van der Waals surface area contributed by atoms with Crippen LogP contribution in [0.3, 0.4) is 0 Å². The van der Waals surface area contributed by atoms with Gasteiger partial charge in [0.25, 0.3) is 10.3 Å². The highest BCUT2D eigenvalue weighted by Gasteiger charge is 2.33. The number of ether oxygens (including phenoxy) is 1. The molecule has 0 fully saturated rings. The summed E-state index contributed by atoms with van der Waals surface area (Å²) in [5.41, 5.74) is 0.0197. The summed E-state index contributed by atoms with van der Waals surface area (Å²) in [4.78, 5) is 32.2. The minimum atomic E-state index is -2.25. The number of ketones is 1. The summed E-state index contributed by atoms with van der Waals surface area (Å²) in [5.74, 6) is -1.92. The Hall–Kier alpha value is -1.37. The van der Waals surface area contributed by atoms with Crippen molar-refractivity contribution in [3.8, 4) is 5.75 Å². The van der Waals surface area contributed by atoms with Gasteiger partial charge in [-0.2, -0.15) is 0 Å². The standard InChI is InChI=1S/C10H6Cl3NO5/c11-10(12,13)9(16)19-7-3-1-2-6(4-7)8(15)5-14(17)18/h1-4H,5H2. The van der Waals surface area contributed by atoms with Gasteiger partial charge in [-0.25, -0.2) is 4.79 Å². The molecule has 0 aliphatic rings. The summed E-state index contributed by atoms with van der Waals surface area (Å²) in [6.45, 7) is -0.859. The van der Waals surface area contributed by atoms with Gasteiger partial charge in [0.1, 0.15) is 5.75 Å². The molecule has 0 spiro atoms. The first-order chi connectivity index (χ1) is 8.70. The van der Waals surface area contributed by atoms with Crippen molar-refractivity contribution in [3.05, 3.63) is 39.9 Å². The molecule has 9 heteroatoms. The summed E-state index contributed by atoms with van der Waals surface area (Å²) in [7, 11) is 0. The summed E-state index contributed by atoms with van der Waals surface area (Å²) in [6.07, 6.45) is 0. The van der Waals surface area contributed by atoms with Gasteiger partial charge in [-0.1, -0.05) is 46.9 Å². The van der Waals surface area contributed by atoms with Crippen molar-refractivity contribution in [2.24, 2.45) is 0 Å². The van der Waals surface area contributed by atoms with Crippen molar-refractivity contribution in [2.75, 3.05) is 6.54 Å². The highest BCUT2D eigenvalue weighted by molar-refractivity contribution is 6.75. The minimum absolute atomic E-state index is 0.0197. The van der Waals surface area contributed by atoms with E-state index in [9.17, 15) is 19.7 Å². The van der Waals surface area contributed by atoms with Crippen LogP contribution in [0.4, 0.5) is 0 Å². The number of hydrogen-bond acceptors (Lipinski definition) is 5. The first-order valence-corrected chi connectivity index (χ1v) is 5.87. The van der Waals surface area contributed by atoms with Crippen LogP contribution in [-0.2, 0) is 4.79 Å². The molecule has 1 rings (SSSR count). The second-order valence-corrected chi connectivity index (χ2v) is 5.61. The maximum absolute atomic E-state index is 11.4. The predicted molar refractivity (Wildman–Crippen MR) is 68.6 cm³/mol. The zero-order valence-electron chi connectivity index (χ0n) is 9.14. The van der Waals surface area contributed by atoms with Crippen molar-refractivity contribution in [3.63, 3.8) is 0 Å². The molecule has 0 aromatic heterocycles. The number of carbonyl (C=O) groups excluding carboxylic acids is 2. The van der Waals surface area contributed by atoms with Crippen LogP contribution < -0.4 is 4.74 Å². The van der Waals surface area contributed by atoms with E-state index in [1.165, 1.54) is 18.2 Å². The van der Waals surface area contributed by atoms with Crippen LogP contribution >= 0.6 is 34.8 Å². The number of halogens is 3. The monoisotopic (exact) mass is 325 g/mol. The normalized spacial score (nSPS) is 10.9. The average molecular weight is 327 g/mol. The van der Waals surface area contributed by atoms with Gasteiger partial charge in [0.15, 0.2) is 0 Å². The summed E-state index contributed by atoms with van der Waals surface area (Å²) >= 11 is 15.9. The third-order valence-electron chi connectivity index (χ3n) is 1.87. The first kappa shape index (κ1) is 15.7. The highest BCUT2D eigenvalue weighted by atomic mass is 35.6. The van der Waals surface area contributed by atoms with E-state index >= 15 is 0 Å². The quantitative estimate of drug-likeness (QED) is 0.212. The second-order valence-electron chi connectivity index (χ2n) is 3.33. The lowest BCUT2D eigenvalue weighted by Gasteiger charge is -2.10. The fourth-order valence-electron chi connectivity index (χ4n) is 1.11. The molecule has 0 N–H and O–H groups in total. The number of nitro groups is 1. The van der Waals surface area contributed by atoms with Gasteiger partial charge in [0.05, 0.1) is 0 Å². The zero-order valence-corrected chi connectivity index (χ0v) is 11.4. The molecule has 0 atom stereocenters. The molecule has 1 aromatic carbocycles. The number of benzene rings is 1. The van der Waals surface area contributed by atoms with E-state index in [4.69, 9.17) is 39.5 Å². The molecule has 1 aromatic rings. The Morgan fingerprint density at radius 3 is 2.47 bits per heavy atom. The molecule has 0 amide bonds. The van der Waals surface area contributed by atoms with E-state index in [0.29, 0.717) is 0 Å². The van der Waals surface area contributed by atoms with Crippen LogP contribution in [0.2, 0.25) is 0 Å². The van der Waals surface area contributed by atoms with Gasteiger partial charge in [-0.15, -0.1) is 0 Å². The third-order valence-corrected chi connectivity index (χ3v) is 2.33. The van der Waals surface area contributed by atoms with Gasteiger partial charge in [-0.3, -0.25) is 14.9 Å². The van der Waals surface area contributed by atoms with Crippen LogP contribution in [0.15, 0.2) is 24.3 Å². The van der Waals surface area contributed by atoms with Gasteiger partial charge < -0.3 is 4.74 Å². The molecule has 0 radical (unpaired) electrons. The van der Waals surface area contributed by atoms with E-state index in [0.717, 1.165) is 6.07 Å². The van der Waals surface area contributed by atoms with Crippen molar-refractivity contribution in [2.45, 2.75) is 3.79 Å². The Balaban J connectivity index is 2.86. The van der Waals surface area contributed by atoms with Crippen molar-refractivity contribution < 1.29 is 19.2 Å². The summed E-state index contributed by atoms with van der Waals surface area (Å²) in [6, 6.07) is 5.23. The van der Waals surface area contributed by atoms with E-state index in [-0.39, 0.29) is 11.3 Å². The van der Waals surface area contributed by atoms with Crippen molar-refractivity contribution >= 4 is 46.6 Å². The smallest absolute Gasteiger partial charge is 0.363 e. The van der Waals surface area contributed by atoms with E-state index < -0.39 is 27.0 Å². The molecular formula is C10H6Cl3NO5. The van der Waals surface area contributed by atoms with E-state index in [1.54, 1.807) is 0 Å². The molecule has 0 aliphatic heterocycles. The van der Waals surface area contributed by atoms with Crippen LogP contribution in [0.5, 0.6) is 5.75 Å². The summed E-state index contributed by atoms with van der Waals surface area (Å²) < 4.78 is 2.47. The molecule has 0 unspecified atom stereocenters. The van der Waals surface area contributed by atoms with Crippen LogP contribution in [0.1, 0.15) is 10.4 Å². The van der Waals surface area contributed by atoms with E-state index in [1.807, 2.05) is 0 Å². The molecule has 6 nitrogen and oxygen atoms in total. The lowest BCUT2D eigenvalue weighted by molar-refractivity contribution is -0.465. The molecule has 0 bridgehead atoms. The number of esters is 1. The minimum Gasteiger partial charge on any atom is -0.423 e. The fraction of sp³-hybridized carbons (Fsp3) is 0.200. The largest absolute Gasteiger partial charge is 0.423 e. The van der Waals surface area contributed by atoms with E-state index in [2.05, 4.69) is 0 Å². The fourth-order valence-corrected chi connectivity index (χ4v) is 1.22.